The molecule has 1 aliphatic heterocycles. The van der Waals surface area contributed by atoms with E-state index in [-0.39, 0.29) is 22.3 Å². The van der Waals surface area contributed by atoms with E-state index in [1.54, 1.807) is 12.1 Å². The molecule has 19 heavy (non-hydrogen) atoms. The van der Waals surface area contributed by atoms with Crippen LogP contribution in [0.4, 0.5) is 0 Å². The third kappa shape index (κ3) is 3.34. The average Bonchev–Trinajstić information content (AvgIpc) is 2.27. The fourth-order valence-electron chi connectivity index (χ4n) is 2.42. The minimum atomic E-state index is -4.28. The summed E-state index contributed by atoms with van der Waals surface area (Å²) < 4.78 is 54.8. The Morgan fingerprint density at radius 3 is 2.32 bits per heavy atom. The number of hydrogen-bond acceptors (Lipinski definition) is 4. The van der Waals surface area contributed by atoms with Gasteiger partial charge in [0.25, 0.3) is 10.1 Å². The van der Waals surface area contributed by atoms with Crippen LogP contribution in [0.15, 0.2) is 23.1 Å². The predicted octanol–water partition coefficient (Wildman–Crippen LogP) is 1.53. The van der Waals surface area contributed by atoms with Gasteiger partial charge in [-0.2, -0.15) is 8.42 Å². The van der Waals surface area contributed by atoms with E-state index in [0.29, 0.717) is 18.4 Å². The Labute approximate surface area is 113 Å². The summed E-state index contributed by atoms with van der Waals surface area (Å²) in [7, 11) is -7.27. The van der Waals surface area contributed by atoms with Crippen LogP contribution >= 0.6 is 0 Å². The Morgan fingerprint density at radius 1 is 1.21 bits per heavy atom. The molecule has 106 valence electrons. The topological polar surface area (TPSA) is 88.5 Å². The summed E-state index contributed by atoms with van der Waals surface area (Å²) in [6, 6.07) is 4.71. The number of rotatable bonds is 2. The van der Waals surface area contributed by atoms with Gasteiger partial charge in [0, 0.05) is 0 Å². The molecule has 0 saturated carbocycles. The first kappa shape index (κ1) is 14.5. The van der Waals surface area contributed by atoms with Crippen molar-refractivity contribution in [1.82, 2.24) is 0 Å². The Kier molecular flexibility index (Phi) is 3.72. The second-order valence-corrected chi connectivity index (χ2v) is 8.64. The Hall–Kier alpha value is -0.920. The maximum absolute atomic E-state index is 11.4. The van der Waals surface area contributed by atoms with E-state index in [0.717, 1.165) is 5.56 Å². The Bertz CT molecular complexity index is 675. The van der Waals surface area contributed by atoms with Gasteiger partial charge in [0.2, 0.25) is 0 Å². The van der Waals surface area contributed by atoms with Gasteiger partial charge in [-0.15, -0.1) is 0 Å². The molecule has 1 saturated heterocycles. The van der Waals surface area contributed by atoms with Gasteiger partial charge >= 0.3 is 0 Å². The summed E-state index contributed by atoms with van der Waals surface area (Å²) in [4.78, 5) is -0.109. The van der Waals surface area contributed by atoms with Crippen molar-refractivity contribution in [2.45, 2.75) is 30.6 Å². The molecule has 1 fully saturated rings. The number of benzene rings is 1. The normalized spacial score (nSPS) is 20.3. The van der Waals surface area contributed by atoms with Gasteiger partial charge in [-0.1, -0.05) is 17.7 Å². The summed E-state index contributed by atoms with van der Waals surface area (Å²) in [6.45, 7) is 1.83. The van der Waals surface area contributed by atoms with Gasteiger partial charge in [-0.25, -0.2) is 8.42 Å². The highest BCUT2D eigenvalue weighted by Crippen LogP contribution is 2.33. The Morgan fingerprint density at radius 2 is 1.79 bits per heavy atom. The van der Waals surface area contributed by atoms with Gasteiger partial charge in [0.1, 0.15) is 9.84 Å². The highest BCUT2D eigenvalue weighted by atomic mass is 32.2. The highest BCUT2D eigenvalue weighted by Gasteiger charge is 2.28. The minimum absolute atomic E-state index is 0.0660. The van der Waals surface area contributed by atoms with Crippen LogP contribution in [0.5, 0.6) is 0 Å². The van der Waals surface area contributed by atoms with E-state index in [4.69, 9.17) is 0 Å². The van der Waals surface area contributed by atoms with Crippen molar-refractivity contribution in [2.24, 2.45) is 0 Å². The second-order valence-electron chi connectivity index (χ2n) is 4.94. The first-order valence-electron chi connectivity index (χ1n) is 5.97. The molecule has 0 bridgehead atoms. The van der Waals surface area contributed by atoms with Gasteiger partial charge in [-0.05, 0) is 37.3 Å². The fourth-order valence-corrected chi connectivity index (χ4v) is 4.68. The average molecular weight is 304 g/mol. The zero-order valence-corrected chi connectivity index (χ0v) is 12.2. The van der Waals surface area contributed by atoms with Crippen molar-refractivity contribution < 1.29 is 21.4 Å². The summed E-state index contributed by atoms with van der Waals surface area (Å²) in [5.74, 6) is -0.00657. The molecule has 0 atom stereocenters. The van der Waals surface area contributed by atoms with E-state index < -0.39 is 20.0 Å². The molecule has 2 rings (SSSR count). The maximum Gasteiger partial charge on any atom is 0.294 e. The predicted molar refractivity (Wildman–Crippen MR) is 71.6 cm³/mol. The number of sulfone groups is 1. The SMILES string of the molecule is Cc1ccc(S(=O)(=O)O)c(C2CCS(=O)(=O)CC2)c1. The zero-order chi connectivity index (χ0) is 14.3. The molecule has 1 aromatic rings. The first-order chi connectivity index (χ1) is 8.69. The molecule has 0 aliphatic carbocycles. The molecule has 1 heterocycles. The molecule has 0 unspecified atom stereocenters. The highest BCUT2D eigenvalue weighted by molar-refractivity contribution is 7.91. The van der Waals surface area contributed by atoms with Gasteiger partial charge in [0.05, 0.1) is 16.4 Å². The van der Waals surface area contributed by atoms with E-state index in [2.05, 4.69) is 0 Å². The summed E-state index contributed by atoms with van der Waals surface area (Å²) in [6.07, 6.45) is 0.794. The smallest absolute Gasteiger partial charge is 0.282 e. The van der Waals surface area contributed by atoms with Crippen LogP contribution in [0.1, 0.15) is 29.9 Å². The van der Waals surface area contributed by atoms with Crippen LogP contribution in [0.3, 0.4) is 0 Å². The molecule has 5 nitrogen and oxygen atoms in total. The largest absolute Gasteiger partial charge is 0.294 e. The first-order valence-corrected chi connectivity index (χ1v) is 9.24. The Balaban J connectivity index is 2.42. The lowest BCUT2D eigenvalue weighted by molar-refractivity contribution is 0.479. The lowest BCUT2D eigenvalue weighted by Crippen LogP contribution is -2.23. The summed E-state index contributed by atoms with van der Waals surface area (Å²) >= 11 is 0. The van der Waals surface area contributed by atoms with E-state index >= 15 is 0 Å². The molecule has 1 N–H and O–H groups in total. The third-order valence-corrected chi connectivity index (χ3v) is 6.08. The molecule has 0 amide bonds. The molecule has 0 aromatic heterocycles. The fraction of sp³-hybridized carbons (Fsp3) is 0.500. The number of aryl methyl sites for hydroxylation is 1. The lowest BCUT2D eigenvalue weighted by atomic mass is 9.92. The summed E-state index contributed by atoms with van der Waals surface area (Å²) in [5, 5.41) is 0. The van der Waals surface area contributed by atoms with Gasteiger partial charge in [-0.3, -0.25) is 4.55 Å². The molecular weight excluding hydrogens is 288 g/mol. The van der Waals surface area contributed by atoms with Crippen molar-refractivity contribution >= 4 is 20.0 Å². The quantitative estimate of drug-likeness (QED) is 0.837. The van der Waals surface area contributed by atoms with Crippen LogP contribution in [0.2, 0.25) is 0 Å². The van der Waals surface area contributed by atoms with Crippen molar-refractivity contribution in [3.8, 4) is 0 Å². The molecule has 0 radical (unpaired) electrons. The van der Waals surface area contributed by atoms with Gasteiger partial charge < -0.3 is 0 Å². The molecule has 7 heteroatoms. The van der Waals surface area contributed by atoms with Crippen LogP contribution in [-0.4, -0.2) is 32.9 Å². The van der Waals surface area contributed by atoms with E-state index in [1.165, 1.54) is 6.07 Å². The van der Waals surface area contributed by atoms with Crippen LogP contribution in [-0.2, 0) is 20.0 Å². The van der Waals surface area contributed by atoms with Crippen LogP contribution in [0.25, 0.3) is 0 Å². The number of hydrogen-bond donors (Lipinski definition) is 1. The molecular formula is C12H16O5S2. The lowest BCUT2D eigenvalue weighted by Gasteiger charge is -2.24. The third-order valence-electron chi connectivity index (χ3n) is 3.44. The van der Waals surface area contributed by atoms with E-state index in [9.17, 15) is 21.4 Å². The molecule has 1 aromatic carbocycles. The van der Waals surface area contributed by atoms with Crippen molar-refractivity contribution in [3.05, 3.63) is 29.3 Å². The van der Waals surface area contributed by atoms with E-state index in [1.807, 2.05) is 6.92 Å². The molecule has 1 aliphatic rings. The monoisotopic (exact) mass is 304 g/mol. The van der Waals surface area contributed by atoms with Crippen LogP contribution in [0, 0.1) is 6.92 Å². The molecule has 0 spiro atoms. The standard InChI is InChI=1S/C12H16O5S2/c1-9-2-3-12(19(15,16)17)11(8-9)10-4-6-18(13,14)7-5-10/h2-3,8,10H,4-7H2,1H3,(H,15,16,17). The van der Waals surface area contributed by atoms with Crippen molar-refractivity contribution in [3.63, 3.8) is 0 Å². The zero-order valence-electron chi connectivity index (χ0n) is 10.5. The summed E-state index contributed by atoms with van der Waals surface area (Å²) in [5.41, 5.74) is 1.41. The second kappa shape index (κ2) is 4.88. The van der Waals surface area contributed by atoms with Crippen molar-refractivity contribution in [2.75, 3.05) is 11.5 Å². The maximum atomic E-state index is 11.4. The van der Waals surface area contributed by atoms with Gasteiger partial charge in [0.15, 0.2) is 0 Å². The van der Waals surface area contributed by atoms with Crippen molar-refractivity contribution in [1.29, 1.82) is 0 Å². The van der Waals surface area contributed by atoms with Crippen LogP contribution < -0.4 is 0 Å². The minimum Gasteiger partial charge on any atom is -0.282 e.